The number of alkyl halides is 1. The fourth-order valence-corrected chi connectivity index (χ4v) is 6.45. The number of amides is 1. The van der Waals surface area contributed by atoms with Crippen LogP contribution in [-0.4, -0.2) is 41.7 Å². The summed E-state index contributed by atoms with van der Waals surface area (Å²) < 4.78 is 40.8. The molecule has 218 valence electrons. The molecule has 2 aromatic carbocycles. The van der Waals surface area contributed by atoms with Gasteiger partial charge in [-0.1, -0.05) is 6.92 Å². The minimum absolute atomic E-state index is 0.0153. The average molecular weight is 556 g/mol. The van der Waals surface area contributed by atoms with Crippen LogP contribution in [-0.2, 0) is 40.1 Å². The van der Waals surface area contributed by atoms with Crippen molar-refractivity contribution in [2.45, 2.75) is 112 Å². The number of fused-ring (bicyclic) bond motifs is 2. The van der Waals surface area contributed by atoms with Gasteiger partial charge in [0.2, 0.25) is 5.91 Å². The molecule has 0 spiro atoms. The molecule has 2 aromatic rings. The molecule has 0 bridgehead atoms. The predicted octanol–water partition coefficient (Wildman–Crippen LogP) is 7.04. The summed E-state index contributed by atoms with van der Waals surface area (Å²) >= 11 is 0. The zero-order chi connectivity index (χ0) is 29.4. The summed E-state index contributed by atoms with van der Waals surface area (Å²) in [7, 11) is 0. The molecule has 0 radical (unpaired) electrons. The maximum atomic E-state index is 15.4. The van der Waals surface area contributed by atoms with Gasteiger partial charge in [-0.05, 0) is 124 Å². The molecular formula is C33H43F2NO4. The molecule has 0 N–H and O–H groups in total. The van der Waals surface area contributed by atoms with Gasteiger partial charge in [-0.2, -0.15) is 0 Å². The van der Waals surface area contributed by atoms with Crippen LogP contribution < -0.4 is 4.74 Å². The van der Waals surface area contributed by atoms with Gasteiger partial charge in [-0.3, -0.25) is 9.59 Å². The molecule has 7 heteroatoms. The number of hydrogen-bond acceptors (Lipinski definition) is 4. The second kappa shape index (κ2) is 11.9. The van der Waals surface area contributed by atoms with Gasteiger partial charge in [0.25, 0.3) is 0 Å². The van der Waals surface area contributed by atoms with E-state index in [2.05, 4.69) is 0 Å². The van der Waals surface area contributed by atoms with Crippen LogP contribution in [0.25, 0.3) is 11.1 Å². The van der Waals surface area contributed by atoms with Crippen LogP contribution in [0.4, 0.5) is 8.78 Å². The zero-order valence-corrected chi connectivity index (χ0v) is 25.1. The van der Waals surface area contributed by atoms with Crippen molar-refractivity contribution < 1.29 is 27.8 Å². The van der Waals surface area contributed by atoms with Crippen molar-refractivity contribution in [1.82, 2.24) is 4.90 Å². The Morgan fingerprint density at radius 1 is 1.12 bits per heavy atom. The van der Waals surface area contributed by atoms with E-state index in [1.165, 1.54) is 6.07 Å². The summed E-state index contributed by atoms with van der Waals surface area (Å²) in [6.45, 7) is 14.1. The second-order valence-electron chi connectivity index (χ2n) is 11.9. The third-order valence-corrected chi connectivity index (χ3v) is 8.69. The lowest BCUT2D eigenvalue weighted by molar-refractivity contribution is -0.142. The molecule has 2 heterocycles. The fourth-order valence-electron chi connectivity index (χ4n) is 6.45. The van der Waals surface area contributed by atoms with Gasteiger partial charge >= 0.3 is 5.97 Å². The Hall–Kier alpha value is -2.96. The van der Waals surface area contributed by atoms with E-state index in [-0.39, 0.29) is 37.4 Å². The van der Waals surface area contributed by atoms with E-state index in [0.717, 1.165) is 69.3 Å². The van der Waals surface area contributed by atoms with E-state index in [4.69, 9.17) is 9.47 Å². The maximum Gasteiger partial charge on any atom is 0.310 e. The normalized spacial score (nSPS) is 15.8. The van der Waals surface area contributed by atoms with Gasteiger partial charge < -0.3 is 14.4 Å². The molecule has 0 aliphatic carbocycles. The minimum atomic E-state index is -1.30. The number of nitrogens with zero attached hydrogens (tertiary/aromatic N) is 1. The van der Waals surface area contributed by atoms with Crippen molar-refractivity contribution in [1.29, 1.82) is 0 Å². The first kappa shape index (κ1) is 30.0. The largest absolute Gasteiger partial charge is 0.490 e. The average Bonchev–Trinajstić information content (AvgIpc) is 2.90. The Bertz CT molecular complexity index is 1310. The van der Waals surface area contributed by atoms with Gasteiger partial charge in [-0.15, -0.1) is 0 Å². The van der Waals surface area contributed by atoms with Crippen molar-refractivity contribution in [3.05, 3.63) is 50.8 Å². The molecular weight excluding hydrogens is 512 g/mol. The number of carbonyl (C=O) groups is 2. The Kier molecular flexibility index (Phi) is 8.91. The monoisotopic (exact) mass is 555 g/mol. The Morgan fingerprint density at radius 3 is 2.50 bits per heavy atom. The molecule has 0 aromatic heterocycles. The van der Waals surface area contributed by atoms with E-state index < -0.39 is 11.5 Å². The third kappa shape index (κ3) is 5.89. The van der Waals surface area contributed by atoms with Gasteiger partial charge in [0.05, 0.1) is 26.1 Å². The fraction of sp³-hybridized carbons (Fsp3) is 0.576. The van der Waals surface area contributed by atoms with Crippen molar-refractivity contribution in [2.75, 3.05) is 13.2 Å². The van der Waals surface area contributed by atoms with Crippen LogP contribution in [0.1, 0.15) is 92.3 Å². The predicted molar refractivity (Wildman–Crippen MR) is 153 cm³/mol. The quantitative estimate of drug-likeness (QED) is 0.312. The number of esters is 1. The first-order chi connectivity index (χ1) is 18.9. The standard InChI is InChI=1S/C33H43F2NO4/c1-8-22(12-13-33(6,7)35)36-18-27-21(5)31(25-15-28(34)32-23(19(25)3)11-10-14-40-32)26(17-30(38)39-9-2)20(4)24(27)16-29(36)37/h15,22H,8-14,16-18H2,1-7H3. The van der Waals surface area contributed by atoms with Crippen molar-refractivity contribution in [3.63, 3.8) is 0 Å². The molecule has 2 aliphatic rings. The summed E-state index contributed by atoms with van der Waals surface area (Å²) in [6, 6.07) is 1.46. The van der Waals surface area contributed by atoms with E-state index >= 15 is 4.39 Å². The van der Waals surface area contributed by atoms with Crippen LogP contribution in [0.2, 0.25) is 0 Å². The van der Waals surface area contributed by atoms with E-state index in [0.29, 0.717) is 31.7 Å². The zero-order valence-electron chi connectivity index (χ0n) is 25.1. The van der Waals surface area contributed by atoms with Crippen molar-refractivity contribution in [2.24, 2.45) is 0 Å². The Morgan fingerprint density at radius 2 is 1.85 bits per heavy atom. The molecule has 40 heavy (non-hydrogen) atoms. The smallest absolute Gasteiger partial charge is 0.310 e. The Balaban J connectivity index is 1.89. The van der Waals surface area contributed by atoms with Gasteiger partial charge in [0.15, 0.2) is 11.6 Å². The maximum absolute atomic E-state index is 15.4. The molecule has 4 rings (SSSR count). The first-order valence-electron chi connectivity index (χ1n) is 14.6. The Labute approximate surface area is 237 Å². The summed E-state index contributed by atoms with van der Waals surface area (Å²) in [5.74, 6) is -0.412. The second-order valence-corrected chi connectivity index (χ2v) is 11.9. The van der Waals surface area contributed by atoms with E-state index in [1.54, 1.807) is 20.8 Å². The van der Waals surface area contributed by atoms with Gasteiger partial charge in [0.1, 0.15) is 5.67 Å². The van der Waals surface area contributed by atoms with Crippen molar-refractivity contribution in [3.8, 4) is 16.9 Å². The molecule has 0 saturated carbocycles. The SMILES string of the molecule is CCOC(=O)Cc1c(C)c2c(c(C)c1-c1cc(F)c3c(c1C)CCCO3)CN(C(CC)CCC(C)(C)F)C(=O)C2. The number of hydrogen-bond donors (Lipinski definition) is 0. The molecule has 1 atom stereocenters. The lowest BCUT2D eigenvalue weighted by Crippen LogP contribution is -2.44. The van der Waals surface area contributed by atoms with Crippen LogP contribution in [0.3, 0.4) is 0 Å². The van der Waals surface area contributed by atoms with Crippen molar-refractivity contribution >= 4 is 11.9 Å². The summed E-state index contributed by atoms with van der Waals surface area (Å²) in [5.41, 5.74) is 6.67. The molecule has 5 nitrogen and oxygen atoms in total. The van der Waals surface area contributed by atoms with Crippen LogP contribution >= 0.6 is 0 Å². The van der Waals surface area contributed by atoms with Gasteiger partial charge in [-0.25, -0.2) is 8.78 Å². The number of benzene rings is 2. The first-order valence-corrected chi connectivity index (χ1v) is 14.6. The van der Waals surface area contributed by atoms with Crippen LogP contribution in [0, 0.1) is 26.6 Å². The number of halogens is 2. The highest BCUT2D eigenvalue weighted by Crippen LogP contribution is 2.44. The molecule has 0 saturated heterocycles. The summed E-state index contributed by atoms with van der Waals surface area (Å²) in [4.78, 5) is 28.2. The van der Waals surface area contributed by atoms with Gasteiger partial charge in [0, 0.05) is 18.2 Å². The molecule has 1 unspecified atom stereocenters. The molecule has 1 amide bonds. The lowest BCUT2D eigenvalue weighted by atomic mass is 9.79. The number of rotatable bonds is 9. The number of ether oxygens (including phenoxy) is 2. The van der Waals surface area contributed by atoms with Crippen LogP contribution in [0.5, 0.6) is 5.75 Å². The van der Waals surface area contributed by atoms with E-state index in [9.17, 15) is 14.0 Å². The highest BCUT2D eigenvalue weighted by molar-refractivity contribution is 5.88. The number of carbonyl (C=O) groups excluding carboxylic acids is 2. The minimum Gasteiger partial charge on any atom is -0.490 e. The topological polar surface area (TPSA) is 55.8 Å². The third-order valence-electron chi connectivity index (χ3n) is 8.69. The summed E-state index contributed by atoms with van der Waals surface area (Å²) in [6.07, 6.45) is 3.50. The highest BCUT2D eigenvalue weighted by Gasteiger charge is 2.34. The lowest BCUT2D eigenvalue weighted by Gasteiger charge is -2.38. The summed E-state index contributed by atoms with van der Waals surface area (Å²) in [5, 5.41) is 0. The van der Waals surface area contributed by atoms with Crippen LogP contribution in [0.15, 0.2) is 6.07 Å². The molecule has 0 fully saturated rings. The van der Waals surface area contributed by atoms with E-state index in [1.807, 2.05) is 32.6 Å². The highest BCUT2D eigenvalue weighted by atomic mass is 19.1. The molecule has 2 aliphatic heterocycles.